The van der Waals surface area contributed by atoms with Crippen LogP contribution in [0.3, 0.4) is 0 Å². The maximum Gasteiger partial charge on any atom is 0.102 e. The van der Waals surface area contributed by atoms with Crippen LogP contribution in [0.4, 0.5) is 0 Å². The minimum absolute atomic E-state index is 0.0149. The van der Waals surface area contributed by atoms with E-state index < -0.39 is 0 Å². The van der Waals surface area contributed by atoms with Gasteiger partial charge in [-0.25, -0.2) is 0 Å². The maximum absolute atomic E-state index is 6.46. The van der Waals surface area contributed by atoms with E-state index in [0.717, 1.165) is 0 Å². The normalized spacial score (nSPS) is 14.0. The van der Waals surface area contributed by atoms with Crippen LogP contribution in [0.25, 0.3) is 0 Å². The highest BCUT2D eigenvalue weighted by atomic mass is 35.5. The Bertz CT molecular complexity index is 448. The Morgan fingerprint density at radius 1 is 1.12 bits per heavy atom. The highest BCUT2D eigenvalue weighted by Crippen LogP contribution is 2.38. The van der Waals surface area contributed by atoms with Crippen molar-refractivity contribution < 1.29 is 0 Å². The Balaban J connectivity index is 2.26. The van der Waals surface area contributed by atoms with E-state index in [1.54, 1.807) is 11.3 Å². The third-order valence-electron chi connectivity index (χ3n) is 2.41. The van der Waals surface area contributed by atoms with Crippen LogP contribution in [0.2, 0.25) is 0 Å². The number of hydrogen-bond acceptors (Lipinski definition) is 2. The number of hydrogen-bond donors (Lipinski definition) is 0. The predicted molar refractivity (Wildman–Crippen MR) is 75.0 cm³/mol. The van der Waals surface area contributed by atoms with E-state index in [9.17, 15) is 0 Å². The van der Waals surface area contributed by atoms with Crippen molar-refractivity contribution in [2.24, 2.45) is 0 Å². The zero-order valence-corrected chi connectivity index (χ0v) is 12.0. The van der Waals surface area contributed by atoms with Gasteiger partial charge in [0.2, 0.25) is 0 Å². The predicted octanol–water partition coefficient (Wildman–Crippen LogP) is 5.44. The van der Waals surface area contributed by atoms with E-state index in [-0.39, 0.29) is 10.8 Å². The van der Waals surface area contributed by atoms with E-state index in [1.165, 1.54) is 14.6 Å². The molecular formula is C13H15ClS2. The zero-order valence-electron chi connectivity index (χ0n) is 9.66. The van der Waals surface area contributed by atoms with Crippen molar-refractivity contribution in [3.8, 4) is 0 Å². The number of halogens is 1. The van der Waals surface area contributed by atoms with Crippen LogP contribution in [0, 0.1) is 0 Å². The summed E-state index contributed by atoms with van der Waals surface area (Å²) in [6, 6.07) is 8.50. The van der Waals surface area contributed by atoms with Gasteiger partial charge in [-0.05, 0) is 29.0 Å². The molecule has 0 bridgehead atoms. The molecule has 0 aliphatic carbocycles. The number of thiophene rings is 2. The lowest BCUT2D eigenvalue weighted by Crippen LogP contribution is -2.07. The summed E-state index contributed by atoms with van der Waals surface area (Å²) < 4.78 is 0. The molecule has 2 rings (SSSR count). The SMILES string of the molecule is CC(C)(C)c1ccc(C(Cl)c2cccs2)s1. The molecular weight excluding hydrogens is 256 g/mol. The molecule has 2 aromatic heterocycles. The topological polar surface area (TPSA) is 0 Å². The van der Waals surface area contributed by atoms with Crippen molar-refractivity contribution in [3.05, 3.63) is 44.3 Å². The van der Waals surface area contributed by atoms with Gasteiger partial charge in [-0.2, -0.15) is 0 Å². The lowest BCUT2D eigenvalue weighted by atomic mass is 9.95. The zero-order chi connectivity index (χ0) is 11.8. The van der Waals surface area contributed by atoms with Crippen LogP contribution in [-0.4, -0.2) is 0 Å². The van der Waals surface area contributed by atoms with Crippen LogP contribution in [-0.2, 0) is 5.41 Å². The summed E-state index contributed by atoms with van der Waals surface area (Å²) in [6.07, 6.45) is 0. The van der Waals surface area contributed by atoms with Crippen LogP contribution in [0.1, 0.15) is 40.8 Å². The fraction of sp³-hybridized carbons (Fsp3) is 0.385. The average Bonchev–Trinajstić information content (AvgIpc) is 2.87. The third kappa shape index (κ3) is 2.50. The van der Waals surface area contributed by atoms with Crippen LogP contribution in [0.5, 0.6) is 0 Å². The van der Waals surface area contributed by atoms with E-state index >= 15 is 0 Å². The molecule has 1 unspecified atom stereocenters. The van der Waals surface area contributed by atoms with Crippen LogP contribution < -0.4 is 0 Å². The quantitative estimate of drug-likeness (QED) is 0.638. The number of alkyl halides is 1. The van der Waals surface area contributed by atoms with E-state index in [1.807, 2.05) is 17.4 Å². The van der Waals surface area contributed by atoms with Crippen LogP contribution in [0.15, 0.2) is 29.6 Å². The molecule has 0 fully saturated rings. The first-order valence-electron chi connectivity index (χ1n) is 5.26. The Morgan fingerprint density at radius 3 is 2.38 bits per heavy atom. The minimum atomic E-state index is 0.0149. The van der Waals surface area contributed by atoms with E-state index in [2.05, 4.69) is 44.4 Å². The smallest absolute Gasteiger partial charge is 0.102 e. The first kappa shape index (κ1) is 12.2. The largest absolute Gasteiger partial charge is 0.147 e. The molecule has 2 aromatic rings. The van der Waals surface area contributed by atoms with Gasteiger partial charge in [0.05, 0.1) is 0 Å². The van der Waals surface area contributed by atoms with Gasteiger partial charge in [-0.3, -0.25) is 0 Å². The standard InChI is InChI=1S/C13H15ClS2/c1-13(2,3)11-7-6-10(16-11)12(14)9-5-4-8-15-9/h4-8,12H,1-3H3. The molecule has 2 heterocycles. The Morgan fingerprint density at radius 2 is 1.88 bits per heavy atom. The molecule has 0 aliphatic rings. The summed E-state index contributed by atoms with van der Waals surface area (Å²) in [5.74, 6) is 0. The molecule has 0 spiro atoms. The molecule has 0 amide bonds. The molecule has 16 heavy (non-hydrogen) atoms. The highest BCUT2D eigenvalue weighted by Gasteiger charge is 2.19. The van der Waals surface area contributed by atoms with Crippen molar-refractivity contribution in [3.63, 3.8) is 0 Å². The molecule has 0 N–H and O–H groups in total. The van der Waals surface area contributed by atoms with Gasteiger partial charge in [-0.15, -0.1) is 34.3 Å². The van der Waals surface area contributed by atoms with Crippen molar-refractivity contribution in [2.45, 2.75) is 31.6 Å². The van der Waals surface area contributed by atoms with Gasteiger partial charge < -0.3 is 0 Å². The average molecular weight is 271 g/mol. The fourth-order valence-corrected chi connectivity index (χ4v) is 3.76. The molecule has 0 saturated heterocycles. The summed E-state index contributed by atoms with van der Waals surface area (Å²) in [4.78, 5) is 3.86. The van der Waals surface area contributed by atoms with Gasteiger partial charge in [0.15, 0.2) is 0 Å². The van der Waals surface area contributed by atoms with Gasteiger partial charge in [0, 0.05) is 14.6 Å². The monoisotopic (exact) mass is 270 g/mol. The second-order valence-electron chi connectivity index (χ2n) is 4.83. The molecule has 0 radical (unpaired) electrons. The Hall–Kier alpha value is -0.310. The van der Waals surface area contributed by atoms with E-state index in [4.69, 9.17) is 11.6 Å². The molecule has 0 aromatic carbocycles. The lowest BCUT2D eigenvalue weighted by molar-refractivity contribution is 0.604. The van der Waals surface area contributed by atoms with Crippen LogP contribution >= 0.6 is 34.3 Å². The molecule has 0 saturated carbocycles. The summed E-state index contributed by atoms with van der Waals surface area (Å²) in [7, 11) is 0. The highest BCUT2D eigenvalue weighted by molar-refractivity contribution is 7.13. The van der Waals surface area contributed by atoms with Gasteiger partial charge in [-0.1, -0.05) is 26.8 Å². The fourth-order valence-electron chi connectivity index (χ4n) is 1.47. The molecule has 1 atom stereocenters. The first-order chi connectivity index (χ1) is 7.48. The summed E-state index contributed by atoms with van der Waals surface area (Å²) in [5.41, 5.74) is 0.217. The van der Waals surface area contributed by atoms with Gasteiger partial charge >= 0.3 is 0 Å². The minimum Gasteiger partial charge on any atom is -0.147 e. The van der Waals surface area contributed by atoms with Gasteiger partial charge in [0.25, 0.3) is 0 Å². The molecule has 0 aliphatic heterocycles. The maximum atomic E-state index is 6.46. The second kappa shape index (κ2) is 4.52. The lowest BCUT2D eigenvalue weighted by Gasteiger charge is -2.15. The Kier molecular flexibility index (Phi) is 3.43. The molecule has 0 nitrogen and oxygen atoms in total. The second-order valence-corrected chi connectivity index (χ2v) is 7.36. The first-order valence-corrected chi connectivity index (χ1v) is 7.39. The molecule has 3 heteroatoms. The Labute approximate surface area is 110 Å². The summed E-state index contributed by atoms with van der Waals surface area (Å²) in [6.45, 7) is 6.70. The third-order valence-corrected chi connectivity index (χ3v) is 5.65. The molecule has 86 valence electrons. The van der Waals surface area contributed by atoms with Crippen molar-refractivity contribution >= 4 is 34.3 Å². The van der Waals surface area contributed by atoms with Crippen molar-refractivity contribution in [1.82, 2.24) is 0 Å². The van der Waals surface area contributed by atoms with Crippen molar-refractivity contribution in [2.75, 3.05) is 0 Å². The summed E-state index contributed by atoms with van der Waals surface area (Å²) in [5, 5.41) is 2.09. The number of rotatable bonds is 2. The van der Waals surface area contributed by atoms with E-state index in [0.29, 0.717) is 0 Å². The summed E-state index contributed by atoms with van der Waals surface area (Å²) >= 11 is 10.00. The van der Waals surface area contributed by atoms with Crippen molar-refractivity contribution in [1.29, 1.82) is 0 Å². The van der Waals surface area contributed by atoms with Gasteiger partial charge in [0.1, 0.15) is 5.38 Å².